The predicted molar refractivity (Wildman–Crippen MR) is 71.8 cm³/mol. The highest BCUT2D eigenvalue weighted by atomic mass is 32.2. The van der Waals surface area contributed by atoms with Crippen molar-refractivity contribution in [3.05, 3.63) is 23.8 Å². The maximum Gasteiger partial charge on any atom is 0.337 e. The Labute approximate surface area is 116 Å². The molecular formula is C12H16N2O5S. The van der Waals surface area contributed by atoms with Gasteiger partial charge in [-0.1, -0.05) is 0 Å². The molecule has 0 bridgehead atoms. The van der Waals surface area contributed by atoms with Gasteiger partial charge < -0.3 is 15.9 Å². The SMILES string of the molecule is Nc1ccc(C(=O)O)c(S(=O)(=O)NC2(CO)CCC2)c1. The number of hydrogen-bond acceptors (Lipinski definition) is 5. The topological polar surface area (TPSA) is 130 Å². The number of aliphatic hydroxyl groups is 1. The van der Waals surface area contributed by atoms with Gasteiger partial charge in [0.15, 0.2) is 0 Å². The summed E-state index contributed by atoms with van der Waals surface area (Å²) in [5, 5.41) is 18.4. The summed E-state index contributed by atoms with van der Waals surface area (Å²) < 4.78 is 27.1. The average molecular weight is 300 g/mol. The largest absolute Gasteiger partial charge is 0.478 e. The van der Waals surface area contributed by atoms with Gasteiger partial charge in [0, 0.05) is 5.69 Å². The van der Waals surface area contributed by atoms with Crippen LogP contribution in [0.5, 0.6) is 0 Å². The quantitative estimate of drug-likeness (QED) is 0.573. The third-order valence-electron chi connectivity index (χ3n) is 3.49. The molecule has 0 spiro atoms. The first-order valence-electron chi connectivity index (χ1n) is 6.07. The van der Waals surface area contributed by atoms with Gasteiger partial charge in [0.05, 0.1) is 22.6 Å². The molecule has 0 aliphatic heterocycles. The number of sulfonamides is 1. The zero-order valence-electron chi connectivity index (χ0n) is 10.7. The van der Waals surface area contributed by atoms with Crippen molar-refractivity contribution in [2.24, 2.45) is 0 Å². The molecule has 0 radical (unpaired) electrons. The van der Waals surface area contributed by atoms with Gasteiger partial charge in [-0.25, -0.2) is 17.9 Å². The van der Waals surface area contributed by atoms with Gasteiger partial charge in [-0.3, -0.25) is 0 Å². The lowest BCUT2D eigenvalue weighted by Crippen LogP contribution is -2.56. The second kappa shape index (κ2) is 5.04. The Bertz CT molecular complexity index is 632. The predicted octanol–water partition coefficient (Wildman–Crippen LogP) is 0.160. The normalized spacial score (nSPS) is 17.4. The van der Waals surface area contributed by atoms with Crippen molar-refractivity contribution in [3.8, 4) is 0 Å². The van der Waals surface area contributed by atoms with Crippen molar-refractivity contribution in [1.29, 1.82) is 0 Å². The highest BCUT2D eigenvalue weighted by Crippen LogP contribution is 2.33. The van der Waals surface area contributed by atoms with Crippen molar-refractivity contribution < 1.29 is 23.4 Å². The van der Waals surface area contributed by atoms with Crippen LogP contribution in [0.2, 0.25) is 0 Å². The fourth-order valence-electron chi connectivity index (χ4n) is 2.17. The monoisotopic (exact) mass is 300 g/mol. The maximum atomic E-state index is 12.3. The van der Waals surface area contributed by atoms with Crippen LogP contribution in [-0.4, -0.2) is 36.7 Å². The van der Waals surface area contributed by atoms with E-state index in [9.17, 15) is 18.3 Å². The Morgan fingerprint density at radius 3 is 2.50 bits per heavy atom. The first kappa shape index (κ1) is 14.8. The lowest BCUT2D eigenvalue weighted by Gasteiger charge is -2.40. The lowest BCUT2D eigenvalue weighted by molar-refractivity contribution is 0.0692. The first-order chi connectivity index (χ1) is 9.30. The first-order valence-corrected chi connectivity index (χ1v) is 7.56. The van der Waals surface area contributed by atoms with Crippen molar-refractivity contribution in [2.75, 3.05) is 12.3 Å². The highest BCUT2D eigenvalue weighted by molar-refractivity contribution is 7.89. The van der Waals surface area contributed by atoms with Gasteiger partial charge in [-0.2, -0.15) is 0 Å². The van der Waals surface area contributed by atoms with Crippen LogP contribution in [0.25, 0.3) is 0 Å². The van der Waals surface area contributed by atoms with E-state index in [0.29, 0.717) is 12.8 Å². The van der Waals surface area contributed by atoms with Crippen molar-refractivity contribution in [2.45, 2.75) is 29.7 Å². The smallest absolute Gasteiger partial charge is 0.337 e. The molecule has 0 unspecified atom stereocenters. The second-order valence-corrected chi connectivity index (χ2v) is 6.61. The van der Waals surface area contributed by atoms with Crippen LogP contribution < -0.4 is 10.5 Å². The van der Waals surface area contributed by atoms with Gasteiger partial charge in [0.2, 0.25) is 10.0 Å². The summed E-state index contributed by atoms with van der Waals surface area (Å²) in [6.07, 6.45) is 1.85. The molecule has 1 aromatic carbocycles. The van der Waals surface area contributed by atoms with Crippen LogP contribution >= 0.6 is 0 Å². The number of nitrogen functional groups attached to an aromatic ring is 1. The van der Waals surface area contributed by atoms with Crippen LogP contribution in [0.15, 0.2) is 23.1 Å². The van der Waals surface area contributed by atoms with Gasteiger partial charge in [-0.15, -0.1) is 0 Å². The Balaban J connectivity index is 2.43. The van der Waals surface area contributed by atoms with Crippen molar-refractivity contribution >= 4 is 21.7 Å². The molecule has 8 heteroatoms. The number of carboxylic acids is 1. The molecule has 5 N–H and O–H groups in total. The molecule has 0 saturated heterocycles. The molecule has 0 amide bonds. The van der Waals surface area contributed by atoms with E-state index in [-0.39, 0.29) is 22.8 Å². The second-order valence-electron chi connectivity index (χ2n) is 4.96. The molecule has 1 aromatic rings. The van der Waals surface area contributed by atoms with E-state index >= 15 is 0 Å². The third kappa shape index (κ3) is 2.62. The van der Waals surface area contributed by atoms with E-state index in [0.717, 1.165) is 18.6 Å². The number of rotatable bonds is 5. The Morgan fingerprint density at radius 2 is 2.05 bits per heavy atom. The van der Waals surface area contributed by atoms with Gasteiger partial charge in [0.1, 0.15) is 0 Å². The number of nitrogens with two attached hydrogens (primary N) is 1. The number of nitrogens with one attached hydrogen (secondary N) is 1. The summed E-state index contributed by atoms with van der Waals surface area (Å²) in [5.41, 5.74) is 4.45. The van der Waals surface area contributed by atoms with Gasteiger partial charge in [0.25, 0.3) is 0 Å². The summed E-state index contributed by atoms with van der Waals surface area (Å²) >= 11 is 0. The minimum Gasteiger partial charge on any atom is -0.478 e. The van der Waals surface area contributed by atoms with Crippen molar-refractivity contribution in [3.63, 3.8) is 0 Å². The van der Waals surface area contributed by atoms with E-state index in [1.807, 2.05) is 0 Å². The molecule has 2 rings (SSSR count). The molecule has 1 aliphatic rings. The van der Waals surface area contributed by atoms with Crippen LogP contribution in [0.1, 0.15) is 29.6 Å². The third-order valence-corrected chi connectivity index (χ3v) is 5.11. The van der Waals surface area contributed by atoms with E-state index in [4.69, 9.17) is 10.8 Å². The number of aromatic carboxylic acids is 1. The average Bonchev–Trinajstić information content (AvgIpc) is 2.33. The fourth-order valence-corrected chi connectivity index (χ4v) is 3.86. The minimum atomic E-state index is -4.06. The van der Waals surface area contributed by atoms with E-state index in [2.05, 4.69) is 4.72 Å². The van der Waals surface area contributed by atoms with Crippen LogP contribution in [0.3, 0.4) is 0 Å². The summed E-state index contributed by atoms with van der Waals surface area (Å²) in [7, 11) is -4.06. The number of hydrogen-bond donors (Lipinski definition) is 4. The molecule has 20 heavy (non-hydrogen) atoms. The summed E-state index contributed by atoms with van der Waals surface area (Å²) in [6, 6.07) is 3.59. The van der Waals surface area contributed by atoms with Gasteiger partial charge >= 0.3 is 5.97 Å². The van der Waals surface area contributed by atoms with Crippen LogP contribution in [0, 0.1) is 0 Å². The zero-order valence-corrected chi connectivity index (χ0v) is 11.5. The molecule has 1 aliphatic carbocycles. The van der Waals surface area contributed by atoms with Crippen LogP contribution in [0.4, 0.5) is 5.69 Å². The summed E-state index contributed by atoms with van der Waals surface area (Å²) in [5.74, 6) is -1.35. The highest BCUT2D eigenvalue weighted by Gasteiger charge is 2.41. The lowest BCUT2D eigenvalue weighted by atomic mass is 9.78. The molecule has 7 nitrogen and oxygen atoms in total. The molecule has 0 heterocycles. The van der Waals surface area contributed by atoms with E-state index in [1.54, 1.807) is 0 Å². The van der Waals surface area contributed by atoms with E-state index < -0.39 is 21.5 Å². The number of anilines is 1. The number of benzene rings is 1. The summed E-state index contributed by atoms with van der Waals surface area (Å²) in [6.45, 7) is -0.322. The van der Waals surface area contributed by atoms with E-state index in [1.165, 1.54) is 6.07 Å². The Morgan fingerprint density at radius 1 is 1.40 bits per heavy atom. The standard InChI is InChI=1S/C12H16N2O5S/c13-8-2-3-9(11(16)17)10(6-8)20(18,19)14-12(7-15)4-1-5-12/h2-3,6,14-15H,1,4-5,7,13H2,(H,16,17). The molecule has 0 atom stereocenters. The fraction of sp³-hybridized carbons (Fsp3) is 0.417. The summed E-state index contributed by atoms with van der Waals surface area (Å²) in [4.78, 5) is 10.7. The molecule has 1 saturated carbocycles. The maximum absolute atomic E-state index is 12.3. The number of carbonyl (C=O) groups is 1. The number of carboxylic acid groups (broad SMARTS) is 1. The van der Waals surface area contributed by atoms with Crippen LogP contribution in [-0.2, 0) is 10.0 Å². The van der Waals surface area contributed by atoms with Crippen molar-refractivity contribution in [1.82, 2.24) is 4.72 Å². The Kier molecular flexibility index (Phi) is 3.72. The molecule has 1 fully saturated rings. The van der Waals surface area contributed by atoms with Gasteiger partial charge in [-0.05, 0) is 37.5 Å². The number of aliphatic hydroxyl groups excluding tert-OH is 1. The zero-order chi connectivity index (χ0) is 15.0. The minimum absolute atomic E-state index is 0.155. The molecule has 0 aromatic heterocycles. The molecular weight excluding hydrogens is 284 g/mol. The molecule has 110 valence electrons. The Hall–Kier alpha value is -1.64.